The average molecular weight is 523 g/mol. The van der Waals surface area contributed by atoms with Crippen molar-refractivity contribution in [2.75, 3.05) is 0 Å². The highest BCUT2D eigenvalue weighted by atomic mass is 15.2. The molecule has 0 spiro atoms. The molecule has 0 aliphatic rings. The van der Waals surface area contributed by atoms with Gasteiger partial charge in [-0.15, -0.1) is 0 Å². The largest absolute Gasteiger partial charge is 0.308 e. The van der Waals surface area contributed by atoms with Gasteiger partial charge in [0.15, 0.2) is 0 Å². The molecule has 0 bridgehead atoms. The second-order valence-corrected chi connectivity index (χ2v) is 11.1. The quantitative estimate of drug-likeness (QED) is 0.215. The van der Waals surface area contributed by atoms with Gasteiger partial charge in [-0.1, -0.05) is 91.0 Å². The summed E-state index contributed by atoms with van der Waals surface area (Å²) in [5, 5.41) is 11.0. The number of nitrogens with zero attached hydrogens (tertiary/aromatic N) is 4. The molecule has 4 heterocycles. The zero-order chi connectivity index (χ0) is 26.8. The van der Waals surface area contributed by atoms with Crippen molar-refractivity contribution < 1.29 is 0 Å². The Bertz CT molecular complexity index is 2710. The van der Waals surface area contributed by atoms with E-state index in [-0.39, 0.29) is 0 Å². The summed E-state index contributed by atoms with van der Waals surface area (Å²) >= 11 is 0. The van der Waals surface area contributed by atoms with Crippen LogP contribution in [-0.2, 0) is 0 Å². The lowest BCUT2D eigenvalue weighted by molar-refractivity contribution is 0.992. The Morgan fingerprint density at radius 3 is 2.02 bits per heavy atom. The van der Waals surface area contributed by atoms with Gasteiger partial charge in [-0.2, -0.15) is 0 Å². The maximum absolute atomic E-state index is 5.18. The van der Waals surface area contributed by atoms with Gasteiger partial charge in [-0.3, -0.25) is 4.57 Å². The number of para-hydroxylation sites is 3. The highest BCUT2D eigenvalue weighted by molar-refractivity contribution is 6.37. The first-order valence-electron chi connectivity index (χ1n) is 14.0. The summed E-state index contributed by atoms with van der Waals surface area (Å²) in [7, 11) is 0. The van der Waals surface area contributed by atoms with Gasteiger partial charge in [0.05, 0.1) is 38.8 Å². The van der Waals surface area contributed by atoms with Gasteiger partial charge < -0.3 is 4.40 Å². The maximum atomic E-state index is 5.18. The molecule has 0 saturated carbocycles. The molecular formula is C37H22N4. The number of hydrogen-bond acceptors (Lipinski definition) is 2. The molecule has 0 unspecified atom stereocenters. The third-order valence-corrected chi connectivity index (χ3v) is 8.97. The molecule has 190 valence electrons. The highest BCUT2D eigenvalue weighted by Crippen LogP contribution is 2.47. The van der Waals surface area contributed by atoms with Gasteiger partial charge in [0, 0.05) is 43.1 Å². The topological polar surface area (TPSA) is 35.1 Å². The van der Waals surface area contributed by atoms with Gasteiger partial charge in [0.2, 0.25) is 5.95 Å². The first kappa shape index (κ1) is 21.4. The van der Waals surface area contributed by atoms with E-state index < -0.39 is 0 Å². The molecule has 0 atom stereocenters. The van der Waals surface area contributed by atoms with E-state index in [4.69, 9.17) is 9.97 Å². The fourth-order valence-corrected chi connectivity index (χ4v) is 7.30. The first-order valence-corrected chi connectivity index (χ1v) is 14.0. The minimum Gasteiger partial charge on any atom is -0.308 e. The number of aryl methyl sites for hydroxylation is 1. The fraction of sp³-hybridized carbons (Fsp3) is 0.0270. The van der Waals surface area contributed by atoms with Crippen molar-refractivity contribution in [3.05, 3.63) is 121 Å². The highest BCUT2D eigenvalue weighted by Gasteiger charge is 2.25. The van der Waals surface area contributed by atoms with Crippen LogP contribution >= 0.6 is 0 Å². The van der Waals surface area contributed by atoms with E-state index in [2.05, 4.69) is 131 Å². The van der Waals surface area contributed by atoms with Crippen molar-refractivity contribution >= 4 is 81.6 Å². The van der Waals surface area contributed by atoms with E-state index >= 15 is 0 Å². The van der Waals surface area contributed by atoms with Crippen molar-refractivity contribution in [1.29, 1.82) is 0 Å². The van der Waals surface area contributed by atoms with E-state index in [1.807, 2.05) is 0 Å². The SMILES string of the molecule is Cc1nc(-n2c3cc4c5ccccc5n5c6ccccc6c(c3c3ccc6ccccc6c32)c45)nc2ccccc12. The van der Waals surface area contributed by atoms with E-state index in [0.717, 1.165) is 27.6 Å². The molecule has 10 rings (SSSR count). The van der Waals surface area contributed by atoms with Gasteiger partial charge in [-0.05, 0) is 36.6 Å². The lowest BCUT2D eigenvalue weighted by atomic mass is 10.0. The number of rotatable bonds is 1. The van der Waals surface area contributed by atoms with Gasteiger partial charge in [-0.25, -0.2) is 9.97 Å². The molecule has 4 aromatic heterocycles. The van der Waals surface area contributed by atoms with Crippen LogP contribution in [0.4, 0.5) is 0 Å². The summed E-state index contributed by atoms with van der Waals surface area (Å²) in [6.07, 6.45) is 0. The number of aromatic nitrogens is 4. The Kier molecular flexibility index (Phi) is 3.84. The number of hydrogen-bond donors (Lipinski definition) is 0. The van der Waals surface area contributed by atoms with Gasteiger partial charge >= 0.3 is 0 Å². The normalized spacial score (nSPS) is 12.5. The summed E-state index contributed by atoms with van der Waals surface area (Å²) in [6, 6.07) is 41.4. The van der Waals surface area contributed by atoms with E-state index in [9.17, 15) is 0 Å². The molecule has 6 aromatic carbocycles. The zero-order valence-electron chi connectivity index (χ0n) is 22.3. The third kappa shape index (κ3) is 2.56. The molecule has 0 aliphatic carbocycles. The summed E-state index contributed by atoms with van der Waals surface area (Å²) in [6.45, 7) is 2.08. The van der Waals surface area contributed by atoms with E-state index in [0.29, 0.717) is 5.95 Å². The van der Waals surface area contributed by atoms with Crippen LogP contribution in [0, 0.1) is 6.92 Å². The van der Waals surface area contributed by atoms with Gasteiger partial charge in [0.25, 0.3) is 0 Å². The molecule has 0 amide bonds. The van der Waals surface area contributed by atoms with Crippen molar-refractivity contribution in [2.24, 2.45) is 0 Å². The number of benzene rings is 6. The van der Waals surface area contributed by atoms with Crippen LogP contribution in [0.2, 0.25) is 0 Å². The molecule has 10 aromatic rings. The van der Waals surface area contributed by atoms with Crippen molar-refractivity contribution in [1.82, 2.24) is 18.9 Å². The molecule has 0 N–H and O–H groups in total. The molecular weight excluding hydrogens is 500 g/mol. The standard InChI is InChI=1S/C37H22N4/c1-21-23-11-4-7-15-29(23)39-37(38-21)41-32-20-28-25-13-5-8-16-30(25)40-31-17-9-6-14-26(31)34(36(28)40)33(32)27-19-18-22-10-2-3-12-24(22)35(27)41/h2-20H,1H3. The molecule has 0 fully saturated rings. The minimum atomic E-state index is 0.708. The Morgan fingerprint density at radius 2 is 1.17 bits per heavy atom. The second kappa shape index (κ2) is 7.38. The van der Waals surface area contributed by atoms with Crippen LogP contribution in [0.25, 0.3) is 87.5 Å². The smallest absolute Gasteiger partial charge is 0.235 e. The van der Waals surface area contributed by atoms with E-state index in [1.54, 1.807) is 0 Å². The summed E-state index contributed by atoms with van der Waals surface area (Å²) in [5.41, 5.74) is 7.97. The summed E-state index contributed by atoms with van der Waals surface area (Å²) in [4.78, 5) is 10.3. The molecule has 4 nitrogen and oxygen atoms in total. The van der Waals surface area contributed by atoms with Crippen LogP contribution in [0.5, 0.6) is 0 Å². The van der Waals surface area contributed by atoms with Crippen molar-refractivity contribution in [3.63, 3.8) is 0 Å². The van der Waals surface area contributed by atoms with Crippen LogP contribution in [-0.4, -0.2) is 18.9 Å². The third-order valence-electron chi connectivity index (χ3n) is 8.97. The Morgan fingerprint density at radius 1 is 0.488 bits per heavy atom. The monoisotopic (exact) mass is 522 g/mol. The fourth-order valence-electron chi connectivity index (χ4n) is 7.30. The Labute approximate surface area is 234 Å². The molecule has 0 saturated heterocycles. The lowest BCUT2D eigenvalue weighted by Gasteiger charge is -2.11. The zero-order valence-corrected chi connectivity index (χ0v) is 22.3. The first-order chi connectivity index (χ1) is 20.3. The Hall–Kier alpha value is -5.48. The summed E-state index contributed by atoms with van der Waals surface area (Å²) in [5.74, 6) is 0.708. The molecule has 0 radical (unpaired) electrons. The predicted octanol–water partition coefficient (Wildman–Crippen LogP) is 9.34. The van der Waals surface area contributed by atoms with Crippen LogP contribution in [0.15, 0.2) is 115 Å². The average Bonchev–Trinajstić information content (AvgIpc) is 3.65. The van der Waals surface area contributed by atoms with Crippen molar-refractivity contribution in [2.45, 2.75) is 6.92 Å². The van der Waals surface area contributed by atoms with Gasteiger partial charge in [0.1, 0.15) is 0 Å². The predicted molar refractivity (Wildman–Crippen MR) is 171 cm³/mol. The van der Waals surface area contributed by atoms with Crippen molar-refractivity contribution in [3.8, 4) is 5.95 Å². The van der Waals surface area contributed by atoms with Crippen LogP contribution in [0.1, 0.15) is 5.69 Å². The van der Waals surface area contributed by atoms with Crippen LogP contribution < -0.4 is 0 Å². The second-order valence-electron chi connectivity index (χ2n) is 11.1. The van der Waals surface area contributed by atoms with Crippen LogP contribution in [0.3, 0.4) is 0 Å². The molecule has 0 aliphatic heterocycles. The minimum absolute atomic E-state index is 0.708. The lowest BCUT2D eigenvalue weighted by Crippen LogP contribution is -2.03. The number of fused-ring (bicyclic) bond motifs is 13. The maximum Gasteiger partial charge on any atom is 0.235 e. The van der Waals surface area contributed by atoms with E-state index in [1.165, 1.54) is 59.6 Å². The summed E-state index contributed by atoms with van der Waals surface area (Å²) < 4.78 is 4.77. The Balaban J connectivity index is 1.54. The molecule has 4 heteroatoms. The molecule has 41 heavy (non-hydrogen) atoms.